The molecule has 0 spiro atoms. The van der Waals surface area contributed by atoms with Gasteiger partial charge in [0.2, 0.25) is 5.91 Å². The van der Waals surface area contributed by atoms with E-state index in [-0.39, 0.29) is 54.4 Å². The molecule has 0 saturated heterocycles. The number of allylic oxidation sites excluding steroid dienone is 3. The number of carbonyl (C=O) groups excluding carboxylic acids is 2. The molecule has 11 heteroatoms. The second-order valence-corrected chi connectivity index (χ2v) is 9.95. The van der Waals surface area contributed by atoms with E-state index in [1.807, 2.05) is 0 Å². The fourth-order valence-corrected chi connectivity index (χ4v) is 4.42. The highest BCUT2D eigenvalue weighted by atomic mass is 35.5. The van der Waals surface area contributed by atoms with Gasteiger partial charge >= 0.3 is 6.18 Å². The van der Waals surface area contributed by atoms with Gasteiger partial charge in [-0.2, -0.15) is 13.2 Å². The second-order valence-electron chi connectivity index (χ2n) is 9.57. The van der Waals surface area contributed by atoms with Crippen LogP contribution in [0.4, 0.5) is 17.6 Å². The molecule has 0 radical (unpaired) electrons. The van der Waals surface area contributed by atoms with Crippen LogP contribution in [0.2, 0.25) is 5.02 Å². The minimum atomic E-state index is -4.47. The summed E-state index contributed by atoms with van der Waals surface area (Å²) in [5, 5.41) is 2.47. The monoisotopic (exact) mass is 544 g/mol. The molecular formula is C26H33ClF4N4O2. The molecule has 0 unspecified atom stereocenters. The number of hydrogen-bond acceptors (Lipinski definition) is 4. The van der Waals surface area contributed by atoms with Crippen molar-refractivity contribution in [2.24, 2.45) is 22.1 Å². The van der Waals surface area contributed by atoms with Gasteiger partial charge in [-0.3, -0.25) is 14.6 Å². The third-order valence-electron chi connectivity index (χ3n) is 6.90. The lowest BCUT2D eigenvalue weighted by atomic mass is 9.80. The first-order valence-corrected chi connectivity index (χ1v) is 12.1. The van der Waals surface area contributed by atoms with E-state index in [0.717, 1.165) is 0 Å². The van der Waals surface area contributed by atoms with Gasteiger partial charge in [-0.1, -0.05) is 35.9 Å². The van der Waals surface area contributed by atoms with Crippen LogP contribution in [-0.2, 0) is 11.2 Å². The molecule has 0 bridgehead atoms. The summed E-state index contributed by atoms with van der Waals surface area (Å²) in [5.41, 5.74) is 4.08. The Kier molecular flexibility index (Phi) is 10.1. The van der Waals surface area contributed by atoms with Crippen LogP contribution >= 0.6 is 11.6 Å². The molecule has 1 aromatic carbocycles. The van der Waals surface area contributed by atoms with E-state index in [2.05, 4.69) is 16.9 Å². The van der Waals surface area contributed by atoms with E-state index < -0.39 is 35.1 Å². The van der Waals surface area contributed by atoms with Gasteiger partial charge in [0.05, 0.1) is 16.0 Å². The second kappa shape index (κ2) is 12.2. The van der Waals surface area contributed by atoms with Gasteiger partial charge in [0, 0.05) is 37.7 Å². The number of rotatable bonds is 12. The number of carbonyl (C=O) groups is 2. The van der Waals surface area contributed by atoms with E-state index in [1.54, 1.807) is 39.0 Å². The first-order valence-electron chi connectivity index (χ1n) is 11.7. The number of hydrogen-bond donors (Lipinski definition) is 2. The molecule has 1 saturated carbocycles. The van der Waals surface area contributed by atoms with Gasteiger partial charge in [-0.15, -0.1) is 0 Å². The number of amides is 2. The number of primary amides is 1. The summed E-state index contributed by atoms with van der Waals surface area (Å²) in [5.74, 6) is -3.54. The van der Waals surface area contributed by atoms with Crippen LogP contribution in [0.25, 0.3) is 0 Å². The number of likely N-dealkylation sites (N-methyl/N-ethyl adjacent to an activating group) is 1. The number of nitrogens with zero attached hydrogens (tertiary/aromatic N) is 2. The van der Waals surface area contributed by atoms with Crippen LogP contribution in [0.3, 0.4) is 0 Å². The van der Waals surface area contributed by atoms with Crippen molar-refractivity contribution in [2.45, 2.75) is 44.8 Å². The predicted octanol–water partition coefficient (Wildman–Crippen LogP) is 4.72. The fourth-order valence-electron chi connectivity index (χ4n) is 4.18. The molecule has 2 atom stereocenters. The van der Waals surface area contributed by atoms with Crippen molar-refractivity contribution >= 4 is 29.1 Å². The summed E-state index contributed by atoms with van der Waals surface area (Å²) < 4.78 is 56.2. The molecule has 204 valence electrons. The zero-order chi connectivity index (χ0) is 28.1. The van der Waals surface area contributed by atoms with Crippen molar-refractivity contribution in [3.05, 3.63) is 58.4 Å². The van der Waals surface area contributed by atoms with E-state index >= 15 is 0 Å². The highest BCUT2D eigenvalue weighted by molar-refractivity contribution is 6.32. The molecule has 3 N–H and O–H groups in total. The van der Waals surface area contributed by atoms with Crippen molar-refractivity contribution in [1.29, 1.82) is 0 Å². The van der Waals surface area contributed by atoms with Gasteiger partial charge in [-0.25, -0.2) is 4.39 Å². The van der Waals surface area contributed by atoms with Crippen molar-refractivity contribution in [3.8, 4) is 0 Å². The quantitative estimate of drug-likeness (QED) is 0.227. The SMILES string of the molecule is C=C(/C=C\C(C)=NC)[C@H](CC(=O)NC[C@H](Cc1ccc(C(N)=O)c(F)c1Cl)N(C)C)C1(C(F)(F)F)CC1. The Hall–Kier alpha value is -2.72. The maximum Gasteiger partial charge on any atom is 0.395 e. The molecule has 1 fully saturated rings. The molecule has 6 nitrogen and oxygen atoms in total. The Labute approximate surface area is 219 Å². The fraction of sp³-hybridized carbons (Fsp3) is 0.500. The lowest BCUT2D eigenvalue weighted by molar-refractivity contribution is -0.199. The van der Waals surface area contributed by atoms with E-state index in [0.29, 0.717) is 11.3 Å². The lowest BCUT2D eigenvalue weighted by Gasteiger charge is -2.30. The third kappa shape index (κ3) is 7.41. The van der Waals surface area contributed by atoms with Crippen LogP contribution < -0.4 is 11.1 Å². The average molecular weight is 545 g/mol. The van der Waals surface area contributed by atoms with Crippen molar-refractivity contribution in [3.63, 3.8) is 0 Å². The number of nitrogens with two attached hydrogens (primary N) is 1. The maximum atomic E-state index is 14.4. The van der Waals surface area contributed by atoms with Gasteiger partial charge in [0.25, 0.3) is 5.91 Å². The Morgan fingerprint density at radius 2 is 1.92 bits per heavy atom. The molecule has 1 aromatic rings. The van der Waals surface area contributed by atoms with Crippen LogP contribution in [-0.4, -0.2) is 62.3 Å². The first kappa shape index (κ1) is 30.5. The van der Waals surface area contributed by atoms with Crippen molar-refractivity contribution in [2.75, 3.05) is 27.7 Å². The zero-order valence-corrected chi connectivity index (χ0v) is 22.1. The maximum absolute atomic E-state index is 14.4. The standard InChI is InChI=1S/C26H33ClF4N4O2/c1-15(6-7-16(2)33-3)20(25(10-11-25)26(29,30)31)13-21(36)34-14-18(35(4)5)12-17-8-9-19(24(32)37)23(28)22(17)27/h6-9,18,20H,1,10-14H2,2-5H3,(H2,32,37)(H,34,36)/b7-6-,33-16?/t18-,20-/m0/s1. The van der Waals surface area contributed by atoms with Crippen molar-refractivity contribution < 1.29 is 27.2 Å². The minimum Gasteiger partial charge on any atom is -0.366 e. The normalized spacial score (nSPS) is 17.1. The van der Waals surface area contributed by atoms with Crippen LogP contribution in [0, 0.1) is 17.2 Å². The number of halogens is 5. The molecule has 2 rings (SSSR count). The highest BCUT2D eigenvalue weighted by Gasteiger charge is 2.67. The molecular weight excluding hydrogens is 512 g/mol. The van der Waals surface area contributed by atoms with E-state index in [9.17, 15) is 27.2 Å². The van der Waals surface area contributed by atoms with Crippen molar-refractivity contribution in [1.82, 2.24) is 10.2 Å². The smallest absolute Gasteiger partial charge is 0.366 e. The third-order valence-corrected chi connectivity index (χ3v) is 7.31. The Bertz CT molecular complexity index is 1090. The molecule has 0 aromatic heterocycles. The van der Waals surface area contributed by atoms with Gasteiger partial charge < -0.3 is 16.0 Å². The van der Waals surface area contributed by atoms with Gasteiger partial charge in [0.15, 0.2) is 5.82 Å². The summed E-state index contributed by atoms with van der Waals surface area (Å²) >= 11 is 6.10. The molecule has 0 heterocycles. The molecule has 0 aliphatic heterocycles. The summed E-state index contributed by atoms with van der Waals surface area (Å²) in [4.78, 5) is 29.9. The van der Waals surface area contributed by atoms with Gasteiger partial charge in [0.1, 0.15) is 0 Å². The number of benzene rings is 1. The summed E-state index contributed by atoms with van der Waals surface area (Å²) in [6, 6.07) is 2.37. The topological polar surface area (TPSA) is 87.8 Å². The van der Waals surface area contributed by atoms with Crippen LogP contribution in [0.1, 0.15) is 42.1 Å². The van der Waals surface area contributed by atoms with Crippen LogP contribution in [0.5, 0.6) is 0 Å². The van der Waals surface area contributed by atoms with Gasteiger partial charge in [-0.05, 0) is 58.0 Å². The molecule has 1 aliphatic rings. The summed E-state index contributed by atoms with van der Waals surface area (Å²) in [6.45, 7) is 5.63. The van der Waals surface area contributed by atoms with Crippen LogP contribution in [0.15, 0.2) is 41.4 Å². The average Bonchev–Trinajstić information content (AvgIpc) is 3.62. The summed E-state index contributed by atoms with van der Waals surface area (Å²) in [6.07, 6.45) is -1.69. The zero-order valence-electron chi connectivity index (χ0n) is 21.4. The number of alkyl halides is 3. The minimum absolute atomic E-state index is 0.0617. The largest absolute Gasteiger partial charge is 0.395 e. The highest BCUT2D eigenvalue weighted by Crippen LogP contribution is 2.64. The molecule has 2 amide bonds. The Balaban J connectivity index is 2.16. The Morgan fingerprint density at radius 3 is 2.41 bits per heavy atom. The molecule has 37 heavy (non-hydrogen) atoms. The van der Waals surface area contributed by atoms with E-state index in [1.165, 1.54) is 18.2 Å². The predicted molar refractivity (Wildman–Crippen MR) is 137 cm³/mol. The number of aliphatic imine (C=N–C) groups is 1. The molecule has 1 aliphatic carbocycles. The first-order chi connectivity index (χ1) is 17.1. The lowest BCUT2D eigenvalue weighted by Crippen LogP contribution is -2.43. The Morgan fingerprint density at radius 1 is 1.30 bits per heavy atom. The van der Waals surface area contributed by atoms with E-state index in [4.69, 9.17) is 17.3 Å². The number of nitrogens with one attached hydrogen (secondary N) is 1. The summed E-state index contributed by atoms with van der Waals surface area (Å²) in [7, 11) is 5.06.